The van der Waals surface area contributed by atoms with E-state index in [1.54, 1.807) is 20.8 Å². The number of carbonyl (C=O) groups is 3. The second kappa shape index (κ2) is 36.3. The number of unbranched alkanes of at least 4 members (excludes halogenated alkanes) is 2. The fourth-order valence-electron chi connectivity index (χ4n) is 10.6. The van der Waals surface area contributed by atoms with Crippen molar-refractivity contribution in [3.63, 3.8) is 0 Å². The minimum atomic E-state index is -0.723. The summed E-state index contributed by atoms with van der Waals surface area (Å²) in [6.07, 6.45) is 41.1. The van der Waals surface area contributed by atoms with E-state index in [9.17, 15) is 29.7 Å². The first-order valence-electron chi connectivity index (χ1n) is 28.1. The summed E-state index contributed by atoms with van der Waals surface area (Å²) in [7, 11) is 0. The van der Waals surface area contributed by atoms with Gasteiger partial charge in [0.25, 0.3) is 0 Å². The Morgan fingerprint density at radius 1 is 0.594 bits per heavy atom. The van der Waals surface area contributed by atoms with Gasteiger partial charge in [0.05, 0.1) is 17.8 Å². The second-order valence-corrected chi connectivity index (χ2v) is 23.2. The molecule has 0 saturated heterocycles. The van der Waals surface area contributed by atoms with E-state index in [4.69, 9.17) is 0 Å². The van der Waals surface area contributed by atoms with E-state index in [1.165, 1.54) is 78.4 Å². The van der Waals surface area contributed by atoms with Gasteiger partial charge in [-0.15, -0.1) is 0 Å². The van der Waals surface area contributed by atoms with Crippen LogP contribution in [0.4, 0.5) is 0 Å². The van der Waals surface area contributed by atoms with Crippen LogP contribution in [0.3, 0.4) is 0 Å². The van der Waals surface area contributed by atoms with Gasteiger partial charge >= 0.3 is 0 Å². The normalized spacial score (nSPS) is 25.5. The minimum absolute atomic E-state index is 0.0498. The van der Waals surface area contributed by atoms with Gasteiger partial charge < -0.3 is 20.1 Å². The molecule has 69 heavy (non-hydrogen) atoms. The molecule has 4 saturated carbocycles. The van der Waals surface area contributed by atoms with Crippen molar-refractivity contribution in [3.05, 3.63) is 69.9 Å². The van der Waals surface area contributed by atoms with Crippen molar-refractivity contribution in [2.24, 2.45) is 35.5 Å². The molecule has 6 heteroatoms. The highest BCUT2D eigenvalue weighted by Gasteiger charge is 2.37. The van der Waals surface area contributed by atoms with E-state index in [0.29, 0.717) is 48.1 Å². The van der Waals surface area contributed by atoms with Crippen LogP contribution in [0.2, 0.25) is 0 Å². The standard InChI is InChI=1S/C20H34O.C20H32O.C13H22O2.C10H20O2/c2*1-16(2)8-5-9-17(3)10-6-11-18(4)14-15-19-12-7-13-20(19)21;1-3-4-5-6-12-11(9-10(2)14)7-8-13(12)15;1-7-4-5-8(9(11)6-7)10(2,3)12/h8,10,14,19-21H,5-7,9,11-13,15H2,1-4H3;8,10,14,19H,5-7,9,11-13,15H2,1-4H3;11-12H,3-9H2,1-2H3;7-9,11-12H,4-6H2,1-3H3/b2*17-10+,18-14+;;. The summed E-state index contributed by atoms with van der Waals surface area (Å²) in [6.45, 7) is 27.1. The number of ketones is 3. The molecule has 0 aliphatic heterocycles. The van der Waals surface area contributed by atoms with Crippen molar-refractivity contribution in [2.75, 3.05) is 0 Å². The number of hydrogen-bond acceptors (Lipinski definition) is 6. The molecule has 3 N–H and O–H groups in total. The molecule has 0 amide bonds. The molecule has 0 bridgehead atoms. The molecule has 396 valence electrons. The van der Waals surface area contributed by atoms with Crippen LogP contribution < -0.4 is 0 Å². The Balaban J connectivity index is 0.000000470. The lowest BCUT2D eigenvalue weighted by atomic mass is 9.73. The highest BCUT2D eigenvalue weighted by Crippen LogP contribution is 2.36. The Hall–Kier alpha value is -2.67. The van der Waals surface area contributed by atoms with Crippen LogP contribution in [0, 0.1) is 35.5 Å². The Labute approximate surface area is 425 Å². The molecule has 0 aromatic heterocycles. The van der Waals surface area contributed by atoms with Gasteiger partial charge in [0, 0.05) is 37.0 Å². The minimum Gasteiger partial charge on any atom is -0.393 e. The summed E-state index contributed by atoms with van der Waals surface area (Å²) in [4.78, 5) is 34.3. The van der Waals surface area contributed by atoms with Crippen molar-refractivity contribution in [1.29, 1.82) is 0 Å². The predicted molar refractivity (Wildman–Crippen MR) is 295 cm³/mol. The number of carbonyl (C=O) groups excluding carboxylic acids is 3. The summed E-state index contributed by atoms with van der Waals surface area (Å²) in [6, 6.07) is 0. The zero-order chi connectivity index (χ0) is 51.9. The average Bonchev–Trinajstić information content (AvgIpc) is 3.97. The maximum atomic E-state index is 11.6. The zero-order valence-corrected chi connectivity index (χ0v) is 47.0. The Morgan fingerprint density at radius 2 is 1.13 bits per heavy atom. The molecule has 0 aromatic carbocycles. The number of rotatable bonds is 23. The van der Waals surface area contributed by atoms with Crippen LogP contribution in [0.1, 0.15) is 257 Å². The van der Waals surface area contributed by atoms with Gasteiger partial charge in [-0.2, -0.15) is 0 Å². The number of hydrogen-bond donors (Lipinski definition) is 3. The summed E-state index contributed by atoms with van der Waals surface area (Å²) >= 11 is 0. The first-order chi connectivity index (χ1) is 32.5. The van der Waals surface area contributed by atoms with Gasteiger partial charge in [-0.05, 0) is 209 Å². The van der Waals surface area contributed by atoms with E-state index in [0.717, 1.165) is 109 Å². The average molecular weight is 962 g/mol. The van der Waals surface area contributed by atoms with Gasteiger partial charge in [-0.25, -0.2) is 0 Å². The van der Waals surface area contributed by atoms with Crippen LogP contribution in [0.15, 0.2) is 69.9 Å². The molecule has 0 aromatic rings. The Morgan fingerprint density at radius 3 is 1.58 bits per heavy atom. The third kappa shape index (κ3) is 30.7. The molecule has 4 rings (SSSR count). The molecule has 0 spiro atoms. The monoisotopic (exact) mass is 961 g/mol. The van der Waals surface area contributed by atoms with Crippen molar-refractivity contribution >= 4 is 17.3 Å². The molecular formula is C63H108O6. The molecule has 0 radical (unpaired) electrons. The van der Waals surface area contributed by atoms with Gasteiger partial charge in [-0.3, -0.25) is 9.59 Å². The highest BCUT2D eigenvalue weighted by molar-refractivity contribution is 5.85. The number of aliphatic hydroxyl groups excluding tert-OH is 2. The Bertz CT molecular complexity index is 1650. The topological polar surface area (TPSA) is 112 Å². The maximum Gasteiger partial charge on any atom is 0.136 e. The molecule has 4 aliphatic rings. The van der Waals surface area contributed by atoms with Crippen LogP contribution in [-0.4, -0.2) is 50.5 Å². The van der Waals surface area contributed by atoms with E-state index in [-0.39, 0.29) is 29.8 Å². The third-order valence-corrected chi connectivity index (χ3v) is 15.2. The van der Waals surface area contributed by atoms with Crippen molar-refractivity contribution in [3.8, 4) is 0 Å². The summed E-state index contributed by atoms with van der Waals surface area (Å²) in [5, 5.41) is 29.3. The lowest BCUT2D eigenvalue weighted by molar-refractivity contribution is -0.122. The first kappa shape index (κ1) is 64.3. The fourth-order valence-corrected chi connectivity index (χ4v) is 10.6. The van der Waals surface area contributed by atoms with Gasteiger partial charge in [0.1, 0.15) is 17.3 Å². The lowest BCUT2D eigenvalue weighted by Gasteiger charge is -2.38. The van der Waals surface area contributed by atoms with Gasteiger partial charge in [0.15, 0.2) is 0 Å². The van der Waals surface area contributed by atoms with E-state index >= 15 is 0 Å². The largest absolute Gasteiger partial charge is 0.393 e. The zero-order valence-electron chi connectivity index (χ0n) is 47.0. The smallest absolute Gasteiger partial charge is 0.136 e. The molecule has 4 fully saturated rings. The summed E-state index contributed by atoms with van der Waals surface area (Å²) in [5.74, 6) is 3.17. The van der Waals surface area contributed by atoms with E-state index in [1.807, 2.05) is 0 Å². The number of Topliss-reactive ketones (excluding diaryl/α,β-unsaturated/α-hetero) is 3. The SMILES string of the molecule is CC(C)=CCC/C(C)=C/CC/C(C)=C/CC1CCCC1=O.CC(C)=CCC/C(C)=C/CC/C(C)=C/CC1CCCC1O.CC1CCC(C(C)(C)O)C(O)C1.CCCCCC1C(=O)CCC1CC(C)=O. The third-order valence-electron chi connectivity index (χ3n) is 15.2. The van der Waals surface area contributed by atoms with Gasteiger partial charge in [-0.1, -0.05) is 116 Å². The summed E-state index contributed by atoms with van der Waals surface area (Å²) in [5.41, 5.74) is 8.00. The van der Waals surface area contributed by atoms with Gasteiger partial charge in [0.2, 0.25) is 0 Å². The molecule has 6 nitrogen and oxygen atoms in total. The second-order valence-electron chi connectivity index (χ2n) is 23.2. The van der Waals surface area contributed by atoms with E-state index < -0.39 is 5.60 Å². The number of allylic oxidation sites excluding steroid dienone is 12. The molecule has 8 atom stereocenters. The predicted octanol–water partition coefficient (Wildman–Crippen LogP) is 16.8. The van der Waals surface area contributed by atoms with Crippen LogP contribution in [0.5, 0.6) is 0 Å². The van der Waals surface area contributed by atoms with E-state index in [2.05, 4.69) is 106 Å². The molecule has 8 unspecified atom stereocenters. The van der Waals surface area contributed by atoms with Crippen molar-refractivity contribution in [1.82, 2.24) is 0 Å². The molecule has 0 heterocycles. The van der Waals surface area contributed by atoms with Crippen LogP contribution in [0.25, 0.3) is 0 Å². The quantitative estimate of drug-likeness (QED) is 0.0695. The lowest BCUT2D eigenvalue weighted by Crippen LogP contribution is -2.42. The molecule has 4 aliphatic carbocycles. The van der Waals surface area contributed by atoms with Crippen molar-refractivity contribution in [2.45, 2.75) is 275 Å². The fraction of sp³-hybridized carbons (Fsp3) is 0.762. The first-order valence-corrected chi connectivity index (χ1v) is 28.1. The van der Waals surface area contributed by atoms with Crippen LogP contribution >= 0.6 is 0 Å². The highest BCUT2D eigenvalue weighted by atomic mass is 16.3. The Kier molecular flexibility index (Phi) is 33.8. The van der Waals surface area contributed by atoms with Crippen molar-refractivity contribution < 1.29 is 29.7 Å². The number of aliphatic hydroxyl groups is 3. The molecular weight excluding hydrogens is 853 g/mol. The van der Waals surface area contributed by atoms with Crippen LogP contribution in [-0.2, 0) is 14.4 Å². The maximum absolute atomic E-state index is 11.6. The summed E-state index contributed by atoms with van der Waals surface area (Å²) < 4.78 is 0.